The highest BCUT2D eigenvalue weighted by Gasteiger charge is 2.29. The van der Waals surface area contributed by atoms with E-state index in [9.17, 15) is 9.59 Å². The third kappa shape index (κ3) is 7.20. The summed E-state index contributed by atoms with van der Waals surface area (Å²) in [5.41, 5.74) is 8.16. The molecular weight excluding hydrogens is 546 g/mol. The van der Waals surface area contributed by atoms with Crippen LogP contribution in [0.1, 0.15) is 100 Å². The Morgan fingerprint density at radius 1 is 1.09 bits per heavy atom. The molecule has 44 heavy (non-hydrogen) atoms. The smallest absolute Gasteiger partial charge is 0.245 e. The maximum absolute atomic E-state index is 12.1. The van der Waals surface area contributed by atoms with Crippen molar-refractivity contribution in [2.45, 2.75) is 91.9 Å². The zero-order valence-electron chi connectivity index (χ0n) is 27.7. The number of carbonyl (C=O) groups excluding carboxylic acids is 2. The second-order valence-electron chi connectivity index (χ2n) is 11.9. The van der Waals surface area contributed by atoms with Crippen LogP contribution in [0.3, 0.4) is 0 Å². The molecule has 0 radical (unpaired) electrons. The molecule has 3 aromatic rings. The van der Waals surface area contributed by atoms with Crippen LogP contribution in [0, 0.1) is 6.92 Å². The van der Waals surface area contributed by atoms with Crippen LogP contribution in [0.25, 0.3) is 17.8 Å². The zero-order chi connectivity index (χ0) is 32.0. The van der Waals surface area contributed by atoms with Crippen molar-refractivity contribution >= 4 is 23.8 Å². The van der Waals surface area contributed by atoms with Gasteiger partial charge in [0, 0.05) is 60.9 Å². The molecule has 7 heteroatoms. The molecule has 0 bridgehead atoms. The highest BCUT2D eigenvalue weighted by Crippen LogP contribution is 2.40. The molecule has 0 saturated heterocycles. The molecule has 2 aromatic heterocycles. The van der Waals surface area contributed by atoms with Crippen molar-refractivity contribution < 1.29 is 9.59 Å². The van der Waals surface area contributed by atoms with Gasteiger partial charge in [-0.3, -0.25) is 14.3 Å². The first-order valence-electron chi connectivity index (χ1n) is 16.2. The average Bonchev–Trinajstić information content (AvgIpc) is 3.79. The Bertz CT molecular complexity index is 1650. The number of fused-ring (bicyclic) bond motifs is 1. The van der Waals surface area contributed by atoms with E-state index in [1.807, 2.05) is 62.6 Å². The third-order valence-corrected chi connectivity index (χ3v) is 8.71. The molecule has 1 aliphatic carbocycles. The normalized spacial score (nSPS) is 17.6. The summed E-state index contributed by atoms with van der Waals surface area (Å²) < 4.78 is 3.98. The van der Waals surface area contributed by atoms with Crippen molar-refractivity contribution in [1.82, 2.24) is 24.5 Å². The minimum atomic E-state index is 0.0209. The van der Waals surface area contributed by atoms with Crippen LogP contribution in [0.2, 0.25) is 0 Å². The summed E-state index contributed by atoms with van der Waals surface area (Å²) in [6.45, 7) is 17.2. The average molecular weight is 596 g/mol. The molecule has 1 aliphatic heterocycles. The fourth-order valence-electron chi connectivity index (χ4n) is 6.24. The fourth-order valence-corrected chi connectivity index (χ4v) is 6.24. The third-order valence-electron chi connectivity index (χ3n) is 8.71. The van der Waals surface area contributed by atoms with E-state index in [1.165, 1.54) is 35.7 Å². The molecule has 1 unspecified atom stereocenters. The van der Waals surface area contributed by atoms with Gasteiger partial charge in [-0.2, -0.15) is 10.2 Å². The predicted molar refractivity (Wildman–Crippen MR) is 179 cm³/mol. The van der Waals surface area contributed by atoms with E-state index in [-0.39, 0.29) is 17.6 Å². The van der Waals surface area contributed by atoms with Crippen LogP contribution >= 0.6 is 0 Å². The molecule has 0 N–H and O–H groups in total. The van der Waals surface area contributed by atoms with E-state index >= 15 is 0 Å². The van der Waals surface area contributed by atoms with Crippen molar-refractivity contribution in [2.75, 3.05) is 13.1 Å². The van der Waals surface area contributed by atoms with Gasteiger partial charge in [0.1, 0.15) is 0 Å². The van der Waals surface area contributed by atoms with Crippen LogP contribution in [0.15, 0.2) is 48.6 Å². The van der Waals surface area contributed by atoms with E-state index in [0.717, 1.165) is 64.9 Å². The van der Waals surface area contributed by atoms with Crippen LogP contribution in [-0.4, -0.2) is 49.2 Å². The Morgan fingerprint density at radius 3 is 2.36 bits per heavy atom. The number of hydrogen-bond donors (Lipinski definition) is 0. The molecule has 7 nitrogen and oxygen atoms in total. The van der Waals surface area contributed by atoms with E-state index in [0.29, 0.717) is 13.0 Å². The Hall–Kier alpha value is -4.00. The summed E-state index contributed by atoms with van der Waals surface area (Å²) in [6.07, 6.45) is 13.3. The molecule has 1 aromatic carbocycles. The molecule has 1 saturated carbocycles. The van der Waals surface area contributed by atoms with Crippen LogP contribution < -0.4 is 10.6 Å². The van der Waals surface area contributed by atoms with Gasteiger partial charge in [0.15, 0.2) is 5.78 Å². The van der Waals surface area contributed by atoms with Crippen molar-refractivity contribution in [1.29, 1.82) is 0 Å². The molecule has 2 aliphatic rings. The summed E-state index contributed by atoms with van der Waals surface area (Å²) >= 11 is 0. The number of aryl methyl sites for hydroxylation is 2. The molecular formula is C37H49N5O2. The van der Waals surface area contributed by atoms with Gasteiger partial charge in [-0.1, -0.05) is 58.1 Å². The Kier molecular flexibility index (Phi) is 11.0. The van der Waals surface area contributed by atoms with Gasteiger partial charge < -0.3 is 4.90 Å². The van der Waals surface area contributed by atoms with E-state index in [2.05, 4.69) is 54.5 Å². The second-order valence-corrected chi connectivity index (χ2v) is 11.9. The Morgan fingerprint density at radius 2 is 1.80 bits per heavy atom. The summed E-state index contributed by atoms with van der Waals surface area (Å²) in [5.74, 6) is 1.24. The lowest BCUT2D eigenvalue weighted by Crippen LogP contribution is -2.33. The van der Waals surface area contributed by atoms with Crippen molar-refractivity contribution in [2.24, 2.45) is 7.05 Å². The second kappa shape index (κ2) is 14.7. The number of nitrogens with zero attached hydrogens (tertiary/aromatic N) is 5. The first-order chi connectivity index (χ1) is 21.2. The number of rotatable bonds is 8. The van der Waals surface area contributed by atoms with Gasteiger partial charge in [-0.25, -0.2) is 4.68 Å². The molecule has 234 valence electrons. The van der Waals surface area contributed by atoms with Crippen LogP contribution in [0.5, 0.6) is 0 Å². The predicted octanol–water partition coefficient (Wildman–Crippen LogP) is 5.61. The van der Waals surface area contributed by atoms with E-state index in [4.69, 9.17) is 5.10 Å². The molecule has 1 amide bonds. The largest absolute Gasteiger partial charge is 0.338 e. The molecule has 1 atom stereocenters. The summed E-state index contributed by atoms with van der Waals surface area (Å²) in [7, 11) is 1.90. The number of Topliss-reactive ketones (excluding diaryl/α,β-unsaturated/α-hetero) is 1. The molecule has 0 spiro atoms. The zero-order valence-corrected chi connectivity index (χ0v) is 27.7. The SMILES string of the molecule is C/C=c1/c(C)nn(C)/c1=C/C(=C\C)C(=O)CC.C=CC(=O)N1CCc2nn(-c3ccc(C4CC4)cc3)c(CCC)c2C(C)C1. The summed E-state index contributed by atoms with van der Waals surface area (Å²) in [5, 5.41) is 11.5. The summed E-state index contributed by atoms with van der Waals surface area (Å²) in [4.78, 5) is 25.7. The topological polar surface area (TPSA) is 73.0 Å². The maximum atomic E-state index is 12.1. The highest BCUT2D eigenvalue weighted by molar-refractivity contribution is 6.02. The first kappa shape index (κ1) is 32.9. The van der Waals surface area contributed by atoms with Gasteiger partial charge in [0.25, 0.3) is 0 Å². The number of allylic oxidation sites excluding steroid dienone is 2. The molecule has 1 fully saturated rings. The van der Waals surface area contributed by atoms with Gasteiger partial charge >= 0.3 is 0 Å². The van der Waals surface area contributed by atoms with Crippen LogP contribution in [0.4, 0.5) is 0 Å². The minimum absolute atomic E-state index is 0.0209. The van der Waals surface area contributed by atoms with Gasteiger partial charge in [-0.15, -0.1) is 0 Å². The van der Waals surface area contributed by atoms with Crippen molar-refractivity contribution in [3.05, 3.63) is 87.3 Å². The van der Waals surface area contributed by atoms with Gasteiger partial charge in [0.05, 0.1) is 22.4 Å². The lowest BCUT2D eigenvalue weighted by atomic mass is 9.96. The van der Waals surface area contributed by atoms with E-state index < -0.39 is 0 Å². The Labute approximate surface area is 262 Å². The molecule has 5 rings (SSSR count). The first-order valence-corrected chi connectivity index (χ1v) is 16.2. The number of benzene rings is 1. The minimum Gasteiger partial charge on any atom is -0.338 e. The number of amides is 1. The Balaban J connectivity index is 0.000000225. The van der Waals surface area contributed by atoms with Crippen molar-refractivity contribution in [3.63, 3.8) is 0 Å². The summed E-state index contributed by atoms with van der Waals surface area (Å²) in [6, 6.07) is 8.97. The van der Waals surface area contributed by atoms with Crippen LogP contribution in [-0.2, 0) is 29.5 Å². The van der Waals surface area contributed by atoms with E-state index in [1.54, 1.807) is 0 Å². The van der Waals surface area contributed by atoms with Gasteiger partial charge in [-0.05, 0) is 75.8 Å². The number of ketones is 1. The van der Waals surface area contributed by atoms with Crippen molar-refractivity contribution in [3.8, 4) is 5.69 Å². The number of hydrogen-bond acceptors (Lipinski definition) is 4. The standard InChI is InChI=1S/C23H29N3O.C14H20N2O/c1-4-6-21-23-16(3)15-25(22(27)5-2)14-13-20(23)24-26(21)19-11-9-18(10-12-19)17-7-8-17;1-6-11(14(17)8-3)9-13-12(7-2)10(4)15-16(13)5/h5,9-12,16-17H,2,4,6-8,13-15H2,1,3H3;6-7,9H,8H2,1-5H3/b;11-6+,12-7-,13-9+. The number of aromatic nitrogens is 4. The quantitative estimate of drug-likeness (QED) is 0.318. The fraction of sp³-hybridized carbons (Fsp3) is 0.459. The number of carbonyl (C=O) groups is 2. The maximum Gasteiger partial charge on any atom is 0.245 e. The molecule has 3 heterocycles. The lowest BCUT2D eigenvalue weighted by molar-refractivity contribution is -0.126. The monoisotopic (exact) mass is 595 g/mol. The lowest BCUT2D eigenvalue weighted by Gasteiger charge is -2.22. The highest BCUT2D eigenvalue weighted by atomic mass is 16.2. The van der Waals surface area contributed by atoms with Gasteiger partial charge in [0.2, 0.25) is 5.91 Å².